The normalized spacial score (nSPS) is 37.9. The molecule has 2 bridgehead atoms. The van der Waals surface area contributed by atoms with Gasteiger partial charge in [-0.05, 0) is 24.1 Å². The van der Waals surface area contributed by atoms with E-state index in [2.05, 4.69) is 0 Å². The molecule has 1 aromatic carbocycles. The molecule has 0 aromatic heterocycles. The van der Waals surface area contributed by atoms with Gasteiger partial charge in [-0.25, -0.2) is 4.79 Å². The smallest absolute Gasteiger partial charge is 0.342 e. The third-order valence-corrected chi connectivity index (χ3v) is 6.78. The SMILES string of the molecule is CO[C@H](C(=O)O[C@H]1O[C@@]2(C[C@@H]1C)O[C@@H]1C(=O)C=C(C)[C@@]2(O)C1(C)C)c1ccccc1. The summed E-state index contributed by atoms with van der Waals surface area (Å²) in [7, 11) is 1.44. The van der Waals surface area contributed by atoms with Crippen molar-refractivity contribution in [3.05, 3.63) is 47.5 Å². The van der Waals surface area contributed by atoms with E-state index in [1.54, 1.807) is 32.9 Å². The Bertz CT molecular complexity index is 892. The number of benzene rings is 1. The van der Waals surface area contributed by atoms with Crippen LogP contribution in [0.25, 0.3) is 0 Å². The van der Waals surface area contributed by atoms with Crippen LogP contribution in [-0.2, 0) is 28.5 Å². The molecule has 1 aromatic rings. The Labute approximate surface area is 175 Å². The van der Waals surface area contributed by atoms with E-state index >= 15 is 0 Å². The first-order valence-electron chi connectivity index (χ1n) is 10.2. The minimum Gasteiger partial charge on any atom is -0.433 e. The summed E-state index contributed by atoms with van der Waals surface area (Å²) in [5.41, 5.74) is -1.25. The van der Waals surface area contributed by atoms with Crippen LogP contribution in [-0.4, -0.2) is 47.8 Å². The Balaban J connectivity index is 1.59. The van der Waals surface area contributed by atoms with Crippen molar-refractivity contribution in [3.8, 4) is 0 Å². The fraction of sp³-hybridized carbons (Fsp3) is 0.565. The van der Waals surface area contributed by atoms with Crippen LogP contribution in [0, 0.1) is 11.3 Å². The quantitative estimate of drug-likeness (QED) is 0.755. The molecule has 1 aliphatic carbocycles. The largest absolute Gasteiger partial charge is 0.433 e. The Hall–Kier alpha value is -2.06. The zero-order chi connectivity index (χ0) is 21.9. The second-order valence-corrected chi connectivity index (χ2v) is 9.04. The molecule has 2 saturated heterocycles. The van der Waals surface area contributed by atoms with Gasteiger partial charge in [0.1, 0.15) is 11.7 Å². The van der Waals surface area contributed by atoms with Crippen molar-refractivity contribution in [2.75, 3.05) is 7.11 Å². The van der Waals surface area contributed by atoms with E-state index in [4.69, 9.17) is 18.9 Å². The van der Waals surface area contributed by atoms with Gasteiger partial charge in [0, 0.05) is 24.9 Å². The fourth-order valence-corrected chi connectivity index (χ4v) is 5.21. The monoisotopic (exact) mass is 416 g/mol. The van der Waals surface area contributed by atoms with Gasteiger partial charge in [0.05, 0.1) is 0 Å². The number of carbonyl (C=O) groups is 2. The highest BCUT2D eigenvalue weighted by molar-refractivity contribution is 5.97. The Morgan fingerprint density at radius 1 is 1.23 bits per heavy atom. The fourth-order valence-electron chi connectivity index (χ4n) is 5.21. The number of ketones is 1. The summed E-state index contributed by atoms with van der Waals surface area (Å²) in [6.07, 6.45) is -0.966. The van der Waals surface area contributed by atoms with E-state index in [0.29, 0.717) is 11.1 Å². The summed E-state index contributed by atoms with van der Waals surface area (Å²) in [6, 6.07) is 9.04. The van der Waals surface area contributed by atoms with Gasteiger partial charge in [0.15, 0.2) is 11.9 Å². The third-order valence-electron chi connectivity index (χ3n) is 6.78. The van der Waals surface area contributed by atoms with Crippen LogP contribution in [0.4, 0.5) is 0 Å². The van der Waals surface area contributed by atoms with Crippen LogP contribution >= 0.6 is 0 Å². The summed E-state index contributed by atoms with van der Waals surface area (Å²) in [6.45, 7) is 7.16. The zero-order valence-corrected chi connectivity index (χ0v) is 17.9. The van der Waals surface area contributed by atoms with E-state index in [1.165, 1.54) is 13.2 Å². The first kappa shape index (κ1) is 21.2. The van der Waals surface area contributed by atoms with Crippen LogP contribution in [0.15, 0.2) is 42.0 Å². The van der Waals surface area contributed by atoms with Gasteiger partial charge in [-0.3, -0.25) is 4.79 Å². The van der Waals surface area contributed by atoms with E-state index in [9.17, 15) is 14.7 Å². The minimum atomic E-state index is -1.52. The molecule has 0 radical (unpaired) electrons. The van der Waals surface area contributed by atoms with Crippen molar-refractivity contribution in [2.45, 2.75) is 64.0 Å². The molecule has 2 heterocycles. The molecule has 0 saturated carbocycles. The van der Waals surface area contributed by atoms with Crippen LogP contribution in [0.3, 0.4) is 0 Å². The lowest BCUT2D eigenvalue weighted by Crippen LogP contribution is -2.60. The summed E-state index contributed by atoms with van der Waals surface area (Å²) < 4.78 is 23.2. The van der Waals surface area contributed by atoms with Crippen molar-refractivity contribution in [3.63, 3.8) is 0 Å². The highest BCUT2D eigenvalue weighted by Gasteiger charge is 2.76. The molecule has 7 nitrogen and oxygen atoms in total. The average molecular weight is 416 g/mol. The predicted octanol–water partition coefficient (Wildman–Crippen LogP) is 2.68. The minimum absolute atomic E-state index is 0.195. The van der Waals surface area contributed by atoms with Crippen molar-refractivity contribution < 1.29 is 33.6 Å². The summed E-state index contributed by atoms with van der Waals surface area (Å²) >= 11 is 0. The van der Waals surface area contributed by atoms with Crippen molar-refractivity contribution in [1.29, 1.82) is 0 Å². The first-order chi connectivity index (χ1) is 14.1. The van der Waals surface area contributed by atoms with E-state index in [1.807, 2.05) is 25.1 Å². The second kappa shape index (κ2) is 6.99. The van der Waals surface area contributed by atoms with Crippen molar-refractivity contribution in [2.24, 2.45) is 11.3 Å². The van der Waals surface area contributed by atoms with Gasteiger partial charge in [-0.15, -0.1) is 0 Å². The van der Waals surface area contributed by atoms with E-state index in [-0.39, 0.29) is 18.1 Å². The molecular formula is C23H28O7. The number of hydrogen-bond acceptors (Lipinski definition) is 7. The molecule has 3 aliphatic rings. The molecule has 4 rings (SSSR count). The number of aliphatic hydroxyl groups is 1. The third kappa shape index (κ3) is 2.73. The van der Waals surface area contributed by atoms with Crippen LogP contribution < -0.4 is 0 Å². The average Bonchev–Trinajstić information content (AvgIpc) is 3.06. The lowest BCUT2D eigenvalue weighted by Gasteiger charge is -2.45. The van der Waals surface area contributed by atoms with Gasteiger partial charge >= 0.3 is 5.97 Å². The summed E-state index contributed by atoms with van der Waals surface area (Å²) in [5, 5.41) is 11.8. The number of carbonyl (C=O) groups excluding carboxylic acids is 2. The Morgan fingerprint density at radius 2 is 1.90 bits per heavy atom. The van der Waals surface area contributed by atoms with E-state index < -0.39 is 41.3 Å². The second-order valence-electron chi connectivity index (χ2n) is 9.04. The molecule has 1 N–H and O–H groups in total. The zero-order valence-electron chi connectivity index (χ0n) is 17.9. The maximum atomic E-state index is 12.8. The van der Waals surface area contributed by atoms with Crippen molar-refractivity contribution in [1.82, 2.24) is 0 Å². The molecule has 7 heteroatoms. The van der Waals surface area contributed by atoms with Crippen LogP contribution in [0.5, 0.6) is 0 Å². The van der Waals surface area contributed by atoms with Gasteiger partial charge in [-0.1, -0.05) is 51.1 Å². The molecule has 2 aliphatic heterocycles. The first-order valence-corrected chi connectivity index (χ1v) is 10.2. The number of hydrogen-bond donors (Lipinski definition) is 1. The van der Waals surface area contributed by atoms with Gasteiger partial charge in [0.2, 0.25) is 12.1 Å². The number of ether oxygens (including phenoxy) is 4. The predicted molar refractivity (Wildman–Crippen MR) is 106 cm³/mol. The Kier molecular flexibility index (Phi) is 4.93. The highest BCUT2D eigenvalue weighted by Crippen LogP contribution is 2.62. The number of fused-ring (bicyclic) bond motifs is 3. The molecule has 0 unspecified atom stereocenters. The molecule has 30 heavy (non-hydrogen) atoms. The molecule has 6 atom stereocenters. The Morgan fingerprint density at radius 3 is 2.53 bits per heavy atom. The highest BCUT2D eigenvalue weighted by atomic mass is 16.8. The number of methoxy groups -OCH3 is 1. The molecular weight excluding hydrogens is 388 g/mol. The van der Waals surface area contributed by atoms with Gasteiger partial charge in [-0.2, -0.15) is 0 Å². The lowest BCUT2D eigenvalue weighted by atomic mass is 9.61. The number of rotatable bonds is 4. The van der Waals surface area contributed by atoms with Gasteiger partial charge in [0.25, 0.3) is 0 Å². The summed E-state index contributed by atoms with van der Waals surface area (Å²) in [4.78, 5) is 25.4. The van der Waals surface area contributed by atoms with E-state index in [0.717, 1.165) is 0 Å². The summed E-state index contributed by atoms with van der Waals surface area (Å²) in [5.74, 6) is -2.51. The maximum absolute atomic E-state index is 12.8. The van der Waals surface area contributed by atoms with Gasteiger partial charge < -0.3 is 24.1 Å². The molecule has 162 valence electrons. The van der Waals surface area contributed by atoms with Crippen LogP contribution in [0.2, 0.25) is 0 Å². The molecule has 1 spiro atoms. The van der Waals surface area contributed by atoms with Crippen molar-refractivity contribution >= 4 is 11.8 Å². The molecule has 2 fully saturated rings. The molecule has 0 amide bonds. The standard InChI is InChI=1S/C23H28O7/c1-13-12-22(23(26)14(2)11-16(24)18(29-22)21(23,3)4)30-20(13)28-19(25)17(27-5)15-9-7-6-8-10-15/h6-11,13,17-18,20,26H,12H2,1-5H3/t13-,17-,18+,20-,22+,23+/m0/s1. The maximum Gasteiger partial charge on any atom is 0.342 e. The lowest BCUT2D eigenvalue weighted by molar-refractivity contribution is -0.300. The number of esters is 1. The van der Waals surface area contributed by atoms with Crippen LogP contribution in [0.1, 0.15) is 45.8 Å². The topological polar surface area (TPSA) is 91.3 Å².